The number of hydrogen-bond acceptors (Lipinski definition) is 5. The Morgan fingerprint density at radius 3 is 2.67 bits per heavy atom. The van der Waals surface area contributed by atoms with E-state index in [9.17, 15) is 9.59 Å². The molecule has 0 unspecified atom stereocenters. The lowest BCUT2D eigenvalue weighted by molar-refractivity contribution is -0.143. The van der Waals surface area contributed by atoms with Crippen molar-refractivity contribution in [2.45, 2.75) is 44.6 Å². The lowest BCUT2D eigenvalue weighted by Gasteiger charge is -2.33. The number of methoxy groups -OCH3 is 1. The number of aromatic nitrogens is 2. The fourth-order valence-corrected chi connectivity index (χ4v) is 3.36. The van der Waals surface area contributed by atoms with Crippen LogP contribution < -0.4 is 10.6 Å². The maximum atomic E-state index is 12.9. The van der Waals surface area contributed by atoms with Crippen LogP contribution in [0.4, 0.5) is 0 Å². The molecule has 0 aromatic carbocycles. The predicted molar refractivity (Wildman–Crippen MR) is 90.4 cm³/mol. The zero-order valence-corrected chi connectivity index (χ0v) is 15.0. The molecule has 24 heavy (non-hydrogen) atoms. The maximum absolute atomic E-state index is 12.9. The van der Waals surface area contributed by atoms with Gasteiger partial charge in [0.25, 0.3) is 0 Å². The van der Waals surface area contributed by atoms with E-state index in [-0.39, 0.29) is 30.1 Å². The van der Waals surface area contributed by atoms with Gasteiger partial charge in [-0.25, -0.2) is 0 Å². The summed E-state index contributed by atoms with van der Waals surface area (Å²) in [5.41, 5.74) is 0.515. The zero-order chi connectivity index (χ0) is 17.7. The van der Waals surface area contributed by atoms with Crippen LogP contribution in [0.1, 0.15) is 44.6 Å². The van der Waals surface area contributed by atoms with Crippen molar-refractivity contribution in [3.05, 3.63) is 18.0 Å². The Bertz CT molecular complexity index is 580. The van der Waals surface area contributed by atoms with E-state index in [1.54, 1.807) is 4.68 Å². The number of amides is 1. The molecule has 1 aliphatic heterocycles. The summed E-state index contributed by atoms with van der Waals surface area (Å²) in [6.45, 7) is 5.36. The lowest BCUT2D eigenvalue weighted by atomic mass is 9.85. The van der Waals surface area contributed by atoms with Crippen LogP contribution in [0.25, 0.3) is 0 Å². The molecule has 7 heteroatoms. The van der Waals surface area contributed by atoms with Gasteiger partial charge in [-0.15, -0.1) is 0 Å². The Kier molecular flexibility index (Phi) is 5.99. The summed E-state index contributed by atoms with van der Waals surface area (Å²) in [6.07, 6.45) is 5.34. The van der Waals surface area contributed by atoms with Crippen LogP contribution in [-0.4, -0.2) is 47.4 Å². The van der Waals surface area contributed by atoms with Crippen molar-refractivity contribution in [2.75, 3.05) is 20.2 Å². The van der Waals surface area contributed by atoms with Gasteiger partial charge in [0.1, 0.15) is 0 Å². The third-order valence-electron chi connectivity index (χ3n) is 5.16. The number of carbonyl (C=O) groups excluding carboxylic acids is 2. The summed E-state index contributed by atoms with van der Waals surface area (Å²) < 4.78 is 6.55. The van der Waals surface area contributed by atoms with Crippen molar-refractivity contribution in [2.24, 2.45) is 13.0 Å². The average molecular weight is 336 g/mol. The molecular formula is C17H28N4O3. The van der Waals surface area contributed by atoms with Gasteiger partial charge in [0, 0.05) is 37.8 Å². The first-order valence-electron chi connectivity index (χ1n) is 8.52. The summed E-state index contributed by atoms with van der Waals surface area (Å²) in [5, 5.41) is 10.6. The highest BCUT2D eigenvalue weighted by atomic mass is 16.5. The highest BCUT2D eigenvalue weighted by Crippen LogP contribution is 2.29. The van der Waals surface area contributed by atoms with Gasteiger partial charge in [-0.2, -0.15) is 5.10 Å². The summed E-state index contributed by atoms with van der Waals surface area (Å²) >= 11 is 0. The van der Waals surface area contributed by atoms with Crippen molar-refractivity contribution in [3.63, 3.8) is 0 Å². The van der Waals surface area contributed by atoms with Crippen LogP contribution in [0.2, 0.25) is 0 Å². The van der Waals surface area contributed by atoms with E-state index in [4.69, 9.17) is 4.74 Å². The minimum atomic E-state index is -0.549. The molecule has 1 aromatic rings. The average Bonchev–Trinajstić information content (AvgIpc) is 3.22. The normalized spacial score (nSPS) is 20.8. The number of nitrogens with one attached hydrogen (secondary N) is 2. The molecule has 1 aliphatic rings. The second kappa shape index (κ2) is 7.79. The van der Waals surface area contributed by atoms with Crippen LogP contribution in [0.3, 0.4) is 0 Å². The number of esters is 1. The number of rotatable bonds is 7. The molecule has 0 bridgehead atoms. The fraction of sp³-hybridized carbons (Fsp3) is 0.706. The Morgan fingerprint density at radius 2 is 2.12 bits per heavy atom. The SMILES string of the molecule is CCC(CC)(CC(=O)OC)NC(=O)[C@H]1CNC[C@@H]1c1cnn(C)c1. The van der Waals surface area contributed by atoms with Gasteiger partial charge in [0.2, 0.25) is 5.91 Å². The quantitative estimate of drug-likeness (QED) is 0.725. The van der Waals surface area contributed by atoms with Crippen LogP contribution in [0.15, 0.2) is 12.4 Å². The second-order valence-corrected chi connectivity index (χ2v) is 6.55. The van der Waals surface area contributed by atoms with Gasteiger partial charge in [-0.3, -0.25) is 14.3 Å². The van der Waals surface area contributed by atoms with Crippen LogP contribution >= 0.6 is 0 Å². The number of nitrogens with zero attached hydrogens (tertiary/aromatic N) is 2. The summed E-state index contributed by atoms with van der Waals surface area (Å²) in [6, 6.07) is 0. The summed E-state index contributed by atoms with van der Waals surface area (Å²) in [5.74, 6) is -0.374. The van der Waals surface area contributed by atoms with Crippen LogP contribution in [0.5, 0.6) is 0 Å². The van der Waals surface area contributed by atoms with Crippen molar-refractivity contribution in [1.29, 1.82) is 0 Å². The van der Waals surface area contributed by atoms with Crippen molar-refractivity contribution >= 4 is 11.9 Å². The number of ether oxygens (including phenoxy) is 1. The predicted octanol–water partition coefficient (Wildman–Crippen LogP) is 0.961. The van der Waals surface area contributed by atoms with E-state index in [0.717, 1.165) is 12.1 Å². The van der Waals surface area contributed by atoms with Crippen LogP contribution in [0, 0.1) is 5.92 Å². The van der Waals surface area contributed by atoms with Gasteiger partial charge in [0.05, 0.1) is 25.6 Å². The minimum absolute atomic E-state index is 0.0125. The number of hydrogen-bond donors (Lipinski definition) is 2. The zero-order valence-electron chi connectivity index (χ0n) is 15.0. The van der Waals surface area contributed by atoms with Crippen molar-refractivity contribution in [3.8, 4) is 0 Å². The van der Waals surface area contributed by atoms with Gasteiger partial charge >= 0.3 is 5.97 Å². The standard InChI is InChI=1S/C17H28N4O3/c1-5-17(6-2,7-15(22)24-4)20-16(23)14-10-18-9-13(14)12-8-19-21(3)11-12/h8,11,13-14,18H,5-7,9-10H2,1-4H3,(H,20,23)/t13-,14+/m1/s1. The van der Waals surface area contributed by atoms with E-state index < -0.39 is 5.54 Å². The molecule has 1 saturated heterocycles. The first-order chi connectivity index (χ1) is 11.4. The summed E-state index contributed by atoms with van der Waals surface area (Å²) in [7, 11) is 3.25. The van der Waals surface area contributed by atoms with E-state index in [0.29, 0.717) is 19.4 Å². The van der Waals surface area contributed by atoms with Crippen LogP contribution in [-0.2, 0) is 21.4 Å². The topological polar surface area (TPSA) is 85.2 Å². The molecule has 0 radical (unpaired) electrons. The Labute approximate surface area is 143 Å². The smallest absolute Gasteiger partial charge is 0.307 e. The van der Waals surface area contributed by atoms with E-state index in [1.165, 1.54) is 7.11 Å². The highest BCUT2D eigenvalue weighted by molar-refractivity contribution is 5.82. The van der Waals surface area contributed by atoms with E-state index in [1.807, 2.05) is 33.3 Å². The third kappa shape index (κ3) is 3.95. The largest absolute Gasteiger partial charge is 0.469 e. The number of carbonyl (C=O) groups is 2. The summed E-state index contributed by atoms with van der Waals surface area (Å²) in [4.78, 5) is 24.6. The highest BCUT2D eigenvalue weighted by Gasteiger charge is 2.39. The van der Waals surface area contributed by atoms with Crippen molar-refractivity contribution in [1.82, 2.24) is 20.4 Å². The van der Waals surface area contributed by atoms with Gasteiger partial charge in [0.15, 0.2) is 0 Å². The Morgan fingerprint density at radius 1 is 1.42 bits per heavy atom. The van der Waals surface area contributed by atoms with E-state index in [2.05, 4.69) is 15.7 Å². The molecule has 134 valence electrons. The molecule has 0 spiro atoms. The molecule has 7 nitrogen and oxygen atoms in total. The lowest BCUT2D eigenvalue weighted by Crippen LogP contribution is -2.52. The molecule has 1 amide bonds. The minimum Gasteiger partial charge on any atom is -0.469 e. The molecule has 0 saturated carbocycles. The Hall–Kier alpha value is -1.89. The first-order valence-corrected chi connectivity index (χ1v) is 8.52. The Balaban J connectivity index is 2.12. The monoisotopic (exact) mass is 336 g/mol. The third-order valence-corrected chi connectivity index (χ3v) is 5.16. The molecule has 2 N–H and O–H groups in total. The van der Waals surface area contributed by atoms with Gasteiger partial charge in [-0.1, -0.05) is 13.8 Å². The van der Waals surface area contributed by atoms with Gasteiger partial charge < -0.3 is 15.4 Å². The molecule has 2 atom stereocenters. The number of aryl methyl sites for hydroxylation is 1. The van der Waals surface area contributed by atoms with Gasteiger partial charge in [-0.05, 0) is 18.4 Å². The molecule has 1 aromatic heterocycles. The molecule has 1 fully saturated rings. The molecular weight excluding hydrogens is 308 g/mol. The van der Waals surface area contributed by atoms with E-state index >= 15 is 0 Å². The molecule has 2 rings (SSSR count). The first kappa shape index (κ1) is 18.4. The fourth-order valence-electron chi connectivity index (χ4n) is 3.36. The maximum Gasteiger partial charge on any atom is 0.307 e. The molecule has 2 heterocycles. The second-order valence-electron chi connectivity index (χ2n) is 6.55. The molecule has 0 aliphatic carbocycles. The van der Waals surface area contributed by atoms with Crippen molar-refractivity contribution < 1.29 is 14.3 Å².